The number of fused-ring (bicyclic) bond motifs is 1. The van der Waals surface area contributed by atoms with Gasteiger partial charge >= 0.3 is 5.97 Å². The van der Waals surface area contributed by atoms with Crippen molar-refractivity contribution in [2.45, 2.75) is 30.3 Å². The Balaban J connectivity index is 1.81. The Morgan fingerprint density at radius 3 is 2.82 bits per heavy atom. The Labute approximate surface area is 131 Å². The summed E-state index contributed by atoms with van der Waals surface area (Å²) in [7, 11) is 1.36. The van der Waals surface area contributed by atoms with Gasteiger partial charge in [-0.1, -0.05) is 11.8 Å². The number of aromatic nitrogens is 2. The number of hydrogen-bond donors (Lipinski definition) is 0. The van der Waals surface area contributed by atoms with Gasteiger partial charge in [-0.25, -0.2) is 9.97 Å². The lowest BCUT2D eigenvalue weighted by molar-refractivity contribution is -0.141. The van der Waals surface area contributed by atoms with Gasteiger partial charge in [0.1, 0.15) is 11.5 Å². The predicted octanol–water partition coefficient (Wildman–Crippen LogP) is 2.24. The maximum absolute atomic E-state index is 13.9. The Bertz CT molecular complexity index is 606. The molecule has 0 saturated carbocycles. The van der Waals surface area contributed by atoms with Gasteiger partial charge in [0.2, 0.25) is 0 Å². The van der Waals surface area contributed by atoms with E-state index in [1.165, 1.54) is 18.9 Å². The van der Waals surface area contributed by atoms with E-state index in [-0.39, 0.29) is 24.0 Å². The number of hydrogen-bond acceptors (Lipinski definition) is 6. The second kappa shape index (κ2) is 5.64. The van der Waals surface area contributed by atoms with E-state index in [1.807, 2.05) is 4.90 Å². The van der Waals surface area contributed by atoms with Crippen LogP contribution in [0.4, 0.5) is 14.6 Å². The number of alkyl halides is 2. The number of ether oxygens (including phenoxy) is 1. The molecule has 5 nitrogen and oxygen atoms in total. The maximum atomic E-state index is 13.9. The van der Waals surface area contributed by atoms with Gasteiger partial charge in [-0.3, -0.25) is 4.79 Å². The van der Waals surface area contributed by atoms with Crippen LogP contribution in [0.1, 0.15) is 24.1 Å². The van der Waals surface area contributed by atoms with Crippen molar-refractivity contribution in [2.75, 3.05) is 31.4 Å². The van der Waals surface area contributed by atoms with Crippen LogP contribution in [0.3, 0.4) is 0 Å². The number of rotatable bonds is 4. The molecule has 0 unspecified atom stereocenters. The Morgan fingerprint density at radius 2 is 2.18 bits per heavy atom. The lowest BCUT2D eigenvalue weighted by Crippen LogP contribution is -2.48. The van der Waals surface area contributed by atoms with E-state index in [1.54, 1.807) is 6.26 Å². The molecule has 3 rings (SSSR count). The second-order valence-corrected chi connectivity index (χ2v) is 6.39. The van der Waals surface area contributed by atoms with Crippen molar-refractivity contribution in [1.82, 2.24) is 9.97 Å². The number of esters is 1. The molecular weight excluding hydrogens is 312 g/mol. The quantitative estimate of drug-likeness (QED) is 0.480. The summed E-state index contributed by atoms with van der Waals surface area (Å²) in [4.78, 5) is 21.6. The first-order valence-electron chi connectivity index (χ1n) is 7.09. The number of halogens is 2. The fraction of sp³-hybridized carbons (Fsp3) is 0.643. The van der Waals surface area contributed by atoms with Crippen LogP contribution in [0.15, 0.2) is 5.16 Å². The number of carbonyl (C=O) groups excluding carboxylic acids is 1. The van der Waals surface area contributed by atoms with Crippen molar-refractivity contribution in [1.29, 1.82) is 0 Å². The number of nitrogens with zero attached hydrogens (tertiary/aromatic N) is 3. The van der Waals surface area contributed by atoms with Gasteiger partial charge in [0.25, 0.3) is 5.92 Å². The SMILES string of the molecule is COC(=O)CC1CN(c2nc(SC)nc3c2CCC3(F)F)C1. The smallest absolute Gasteiger partial charge is 0.305 e. The maximum Gasteiger partial charge on any atom is 0.305 e. The van der Waals surface area contributed by atoms with E-state index in [4.69, 9.17) is 0 Å². The minimum Gasteiger partial charge on any atom is -0.469 e. The average molecular weight is 329 g/mol. The molecular formula is C14H17F2N3O2S. The number of anilines is 1. The summed E-state index contributed by atoms with van der Waals surface area (Å²) in [6.07, 6.45) is 2.21. The molecule has 22 heavy (non-hydrogen) atoms. The van der Waals surface area contributed by atoms with Gasteiger partial charge in [0.15, 0.2) is 5.16 Å². The second-order valence-electron chi connectivity index (χ2n) is 5.62. The molecule has 2 heterocycles. The molecule has 0 atom stereocenters. The minimum atomic E-state index is -2.87. The number of carbonyl (C=O) groups is 1. The highest BCUT2D eigenvalue weighted by atomic mass is 32.2. The Morgan fingerprint density at radius 1 is 1.45 bits per heavy atom. The summed E-state index contributed by atoms with van der Waals surface area (Å²) in [5.74, 6) is -2.31. The highest BCUT2D eigenvalue weighted by Crippen LogP contribution is 2.45. The van der Waals surface area contributed by atoms with Gasteiger partial charge in [0.05, 0.1) is 13.5 Å². The Hall–Kier alpha value is -1.44. The predicted molar refractivity (Wildman–Crippen MR) is 78.4 cm³/mol. The van der Waals surface area contributed by atoms with Crippen molar-refractivity contribution < 1.29 is 18.3 Å². The largest absolute Gasteiger partial charge is 0.469 e. The molecule has 1 aromatic rings. The zero-order valence-corrected chi connectivity index (χ0v) is 13.3. The minimum absolute atomic E-state index is 0.127. The van der Waals surface area contributed by atoms with Crippen LogP contribution in [-0.4, -0.2) is 42.4 Å². The van der Waals surface area contributed by atoms with Gasteiger partial charge in [-0.2, -0.15) is 8.78 Å². The lowest BCUT2D eigenvalue weighted by Gasteiger charge is -2.40. The van der Waals surface area contributed by atoms with Crippen LogP contribution in [0.5, 0.6) is 0 Å². The van der Waals surface area contributed by atoms with Crippen LogP contribution in [0.25, 0.3) is 0 Å². The monoisotopic (exact) mass is 329 g/mol. The highest BCUT2D eigenvalue weighted by Gasteiger charge is 2.44. The molecule has 120 valence electrons. The molecule has 1 aliphatic carbocycles. The molecule has 1 aliphatic heterocycles. The number of methoxy groups -OCH3 is 1. The van der Waals surface area contributed by atoms with Crippen LogP contribution >= 0.6 is 11.8 Å². The molecule has 1 saturated heterocycles. The first kappa shape index (κ1) is 15.5. The molecule has 1 aromatic heterocycles. The van der Waals surface area contributed by atoms with Crippen molar-refractivity contribution in [3.05, 3.63) is 11.3 Å². The van der Waals surface area contributed by atoms with Crippen molar-refractivity contribution in [2.24, 2.45) is 5.92 Å². The molecule has 8 heteroatoms. The van der Waals surface area contributed by atoms with E-state index >= 15 is 0 Å². The van der Waals surface area contributed by atoms with E-state index in [0.717, 1.165) is 0 Å². The first-order valence-corrected chi connectivity index (χ1v) is 8.32. The fourth-order valence-electron chi connectivity index (χ4n) is 2.93. The van der Waals surface area contributed by atoms with E-state index in [0.29, 0.717) is 42.5 Å². The summed E-state index contributed by atoms with van der Waals surface area (Å²) in [6.45, 7) is 1.27. The van der Waals surface area contributed by atoms with Crippen molar-refractivity contribution in [3.63, 3.8) is 0 Å². The molecule has 0 spiro atoms. The normalized spacial score (nSPS) is 19.7. The summed E-state index contributed by atoms with van der Waals surface area (Å²) in [5.41, 5.74) is 0.428. The third-order valence-corrected chi connectivity index (χ3v) is 4.67. The van der Waals surface area contributed by atoms with E-state index in [9.17, 15) is 13.6 Å². The molecule has 0 amide bonds. The fourth-order valence-corrected chi connectivity index (χ4v) is 3.29. The molecule has 0 bridgehead atoms. The van der Waals surface area contributed by atoms with Gasteiger partial charge < -0.3 is 9.64 Å². The van der Waals surface area contributed by atoms with Gasteiger partial charge in [0, 0.05) is 31.0 Å². The zero-order chi connectivity index (χ0) is 15.9. The summed E-state index contributed by atoms with van der Waals surface area (Å²) >= 11 is 1.26. The first-order chi connectivity index (χ1) is 10.4. The summed E-state index contributed by atoms with van der Waals surface area (Å²) in [5, 5.41) is 0.367. The molecule has 0 N–H and O–H groups in total. The molecule has 1 fully saturated rings. The average Bonchev–Trinajstić information content (AvgIpc) is 2.77. The summed E-state index contributed by atoms with van der Waals surface area (Å²) in [6, 6.07) is 0. The van der Waals surface area contributed by atoms with E-state index in [2.05, 4.69) is 14.7 Å². The molecule has 0 aromatic carbocycles. The molecule has 0 radical (unpaired) electrons. The third kappa shape index (κ3) is 2.64. The van der Waals surface area contributed by atoms with Gasteiger partial charge in [-0.05, 0) is 12.7 Å². The Kier molecular flexibility index (Phi) is 3.96. The van der Waals surface area contributed by atoms with E-state index < -0.39 is 5.92 Å². The zero-order valence-electron chi connectivity index (χ0n) is 12.4. The highest BCUT2D eigenvalue weighted by molar-refractivity contribution is 7.98. The standard InChI is InChI=1S/C14H17F2N3O2S/c1-21-10(20)5-8-6-19(7-8)12-9-3-4-14(15,16)11(9)17-13(18-12)22-2/h8H,3-7H2,1-2H3. The topological polar surface area (TPSA) is 55.3 Å². The van der Waals surface area contributed by atoms with Crippen molar-refractivity contribution in [3.8, 4) is 0 Å². The van der Waals surface area contributed by atoms with Gasteiger partial charge in [-0.15, -0.1) is 0 Å². The van der Waals surface area contributed by atoms with Crippen LogP contribution in [0, 0.1) is 5.92 Å². The van der Waals surface area contributed by atoms with Crippen molar-refractivity contribution >= 4 is 23.5 Å². The van der Waals surface area contributed by atoms with Crippen LogP contribution in [0.2, 0.25) is 0 Å². The van der Waals surface area contributed by atoms with Crippen LogP contribution in [-0.2, 0) is 21.9 Å². The lowest BCUT2D eigenvalue weighted by atomic mass is 9.96. The third-order valence-electron chi connectivity index (χ3n) is 4.12. The molecule has 2 aliphatic rings. The van der Waals surface area contributed by atoms with Crippen LogP contribution < -0.4 is 4.90 Å². The summed E-state index contributed by atoms with van der Waals surface area (Å²) < 4.78 is 32.5. The number of thioether (sulfide) groups is 1.